The number of anilines is 3. The lowest BCUT2D eigenvalue weighted by Crippen LogP contribution is -2.10. The molecule has 1 amide bonds. The van der Waals surface area contributed by atoms with Gasteiger partial charge in [0.25, 0.3) is 0 Å². The number of carbonyl (C=O) groups is 1. The molecule has 2 rings (SSSR count). The van der Waals surface area contributed by atoms with Crippen LogP contribution in [0.3, 0.4) is 0 Å². The number of rotatable bonds is 3. The van der Waals surface area contributed by atoms with Crippen molar-refractivity contribution in [3.63, 3.8) is 0 Å². The summed E-state index contributed by atoms with van der Waals surface area (Å²) in [6, 6.07) is 9.09. The fraction of sp³-hybridized carbons (Fsp3) is 0.214. The first-order valence-corrected chi connectivity index (χ1v) is 6.11. The highest BCUT2D eigenvalue weighted by Crippen LogP contribution is 2.17. The average Bonchev–Trinajstić information content (AvgIpc) is 2.39. The largest absolute Gasteiger partial charge is 0.453 e. The second-order valence-corrected chi connectivity index (χ2v) is 4.29. The summed E-state index contributed by atoms with van der Waals surface area (Å²) in [6.45, 7) is 3.84. The van der Waals surface area contributed by atoms with E-state index >= 15 is 0 Å². The average molecular weight is 272 g/mol. The van der Waals surface area contributed by atoms with E-state index in [1.165, 1.54) is 7.11 Å². The molecule has 1 heterocycles. The Kier molecular flexibility index (Phi) is 4.14. The Bertz CT molecular complexity index is 591. The molecule has 0 unspecified atom stereocenters. The molecule has 0 bridgehead atoms. The quantitative estimate of drug-likeness (QED) is 0.898. The van der Waals surface area contributed by atoms with E-state index in [2.05, 4.69) is 25.3 Å². The Morgan fingerprint density at radius 3 is 2.15 bits per heavy atom. The maximum Gasteiger partial charge on any atom is 0.411 e. The second kappa shape index (κ2) is 6.01. The summed E-state index contributed by atoms with van der Waals surface area (Å²) in [4.78, 5) is 19.7. The van der Waals surface area contributed by atoms with Crippen LogP contribution in [-0.4, -0.2) is 23.2 Å². The van der Waals surface area contributed by atoms with Gasteiger partial charge < -0.3 is 10.1 Å². The summed E-state index contributed by atoms with van der Waals surface area (Å²) in [7, 11) is 1.32. The molecule has 0 atom stereocenters. The van der Waals surface area contributed by atoms with E-state index in [4.69, 9.17) is 0 Å². The predicted octanol–water partition coefficient (Wildman–Crippen LogP) is 3.02. The molecule has 0 radical (unpaired) electrons. The summed E-state index contributed by atoms with van der Waals surface area (Å²) >= 11 is 0. The third kappa shape index (κ3) is 3.68. The predicted molar refractivity (Wildman–Crippen MR) is 77.3 cm³/mol. The molecule has 0 aliphatic rings. The number of nitrogens with one attached hydrogen (secondary N) is 2. The molecule has 0 aliphatic heterocycles. The van der Waals surface area contributed by atoms with Crippen molar-refractivity contribution >= 4 is 23.4 Å². The topological polar surface area (TPSA) is 76.1 Å². The number of hydrogen-bond acceptors (Lipinski definition) is 5. The summed E-state index contributed by atoms with van der Waals surface area (Å²) in [6.07, 6.45) is -0.497. The van der Waals surface area contributed by atoms with Gasteiger partial charge in [-0.05, 0) is 44.2 Å². The molecule has 6 nitrogen and oxygen atoms in total. The van der Waals surface area contributed by atoms with Crippen molar-refractivity contribution in [2.45, 2.75) is 13.8 Å². The maximum absolute atomic E-state index is 11.1. The summed E-state index contributed by atoms with van der Waals surface area (Å²) in [5.74, 6) is 0.552. The first kappa shape index (κ1) is 13.8. The van der Waals surface area contributed by atoms with Gasteiger partial charge in [-0.25, -0.2) is 14.8 Å². The molecule has 2 N–H and O–H groups in total. The minimum Gasteiger partial charge on any atom is -0.453 e. The Balaban J connectivity index is 2.08. The zero-order chi connectivity index (χ0) is 14.5. The van der Waals surface area contributed by atoms with Gasteiger partial charge in [-0.2, -0.15) is 0 Å². The van der Waals surface area contributed by atoms with Crippen LogP contribution in [0.5, 0.6) is 0 Å². The lowest BCUT2D eigenvalue weighted by atomic mass is 10.3. The number of amides is 1. The molecule has 1 aromatic heterocycles. The van der Waals surface area contributed by atoms with Gasteiger partial charge >= 0.3 is 6.09 Å². The van der Waals surface area contributed by atoms with E-state index in [0.29, 0.717) is 11.6 Å². The van der Waals surface area contributed by atoms with E-state index in [-0.39, 0.29) is 0 Å². The van der Waals surface area contributed by atoms with Crippen LogP contribution in [0.4, 0.5) is 22.1 Å². The third-order valence-electron chi connectivity index (χ3n) is 2.56. The smallest absolute Gasteiger partial charge is 0.411 e. The molecule has 0 spiro atoms. The number of aryl methyl sites for hydroxylation is 2. The highest BCUT2D eigenvalue weighted by molar-refractivity contribution is 5.84. The molecule has 0 aliphatic carbocycles. The highest BCUT2D eigenvalue weighted by atomic mass is 16.5. The van der Waals surface area contributed by atoms with Crippen LogP contribution in [-0.2, 0) is 4.74 Å². The minimum absolute atomic E-state index is 0.497. The van der Waals surface area contributed by atoms with E-state index in [1.54, 1.807) is 12.1 Å². The summed E-state index contributed by atoms with van der Waals surface area (Å²) < 4.78 is 4.52. The molecular formula is C14H16N4O2. The number of hydrogen-bond donors (Lipinski definition) is 2. The monoisotopic (exact) mass is 272 g/mol. The Hall–Kier alpha value is -2.63. The highest BCUT2D eigenvalue weighted by Gasteiger charge is 2.02. The Morgan fingerprint density at radius 2 is 1.60 bits per heavy atom. The second-order valence-electron chi connectivity index (χ2n) is 4.29. The van der Waals surface area contributed by atoms with E-state index in [9.17, 15) is 4.79 Å². The molecule has 6 heteroatoms. The van der Waals surface area contributed by atoms with E-state index in [1.807, 2.05) is 32.0 Å². The van der Waals surface area contributed by atoms with Crippen molar-refractivity contribution in [3.8, 4) is 0 Å². The number of benzene rings is 1. The fourth-order valence-electron chi connectivity index (χ4n) is 1.72. The number of nitrogens with zero attached hydrogens (tertiary/aromatic N) is 2. The molecule has 2 aromatic rings. The maximum atomic E-state index is 11.1. The fourth-order valence-corrected chi connectivity index (χ4v) is 1.72. The number of ether oxygens (including phenoxy) is 1. The van der Waals surface area contributed by atoms with Crippen molar-refractivity contribution in [2.75, 3.05) is 17.7 Å². The van der Waals surface area contributed by atoms with Gasteiger partial charge in [0, 0.05) is 22.8 Å². The lowest BCUT2D eigenvalue weighted by molar-refractivity contribution is 0.187. The van der Waals surface area contributed by atoms with Gasteiger partial charge in [-0.15, -0.1) is 0 Å². The van der Waals surface area contributed by atoms with Crippen LogP contribution in [0.15, 0.2) is 30.3 Å². The van der Waals surface area contributed by atoms with E-state index in [0.717, 1.165) is 17.1 Å². The molecule has 0 fully saturated rings. The minimum atomic E-state index is -0.497. The van der Waals surface area contributed by atoms with Crippen LogP contribution in [0.2, 0.25) is 0 Å². The van der Waals surface area contributed by atoms with Crippen molar-refractivity contribution < 1.29 is 9.53 Å². The van der Waals surface area contributed by atoms with Gasteiger partial charge in [-0.3, -0.25) is 5.32 Å². The van der Waals surface area contributed by atoms with Gasteiger partial charge in [0.2, 0.25) is 5.95 Å². The van der Waals surface area contributed by atoms with Gasteiger partial charge in [0.15, 0.2) is 0 Å². The molecule has 0 saturated carbocycles. The van der Waals surface area contributed by atoms with Gasteiger partial charge in [-0.1, -0.05) is 0 Å². The number of carbonyl (C=O) groups excluding carboxylic acids is 1. The summed E-state index contributed by atoms with van der Waals surface area (Å²) in [5.41, 5.74) is 3.31. The first-order valence-electron chi connectivity index (χ1n) is 6.11. The SMILES string of the molecule is COC(=O)Nc1ccc(Nc2nc(C)cc(C)n2)cc1. The molecule has 0 saturated heterocycles. The van der Waals surface area contributed by atoms with Crippen molar-refractivity contribution in [1.82, 2.24) is 9.97 Å². The number of aromatic nitrogens is 2. The lowest BCUT2D eigenvalue weighted by Gasteiger charge is -2.08. The summed E-state index contributed by atoms with van der Waals surface area (Å²) in [5, 5.41) is 5.69. The molecule has 20 heavy (non-hydrogen) atoms. The zero-order valence-electron chi connectivity index (χ0n) is 11.6. The standard InChI is InChI=1S/C14H16N4O2/c1-9-8-10(2)16-13(15-9)17-11-4-6-12(7-5-11)18-14(19)20-3/h4-8H,1-3H3,(H,18,19)(H,15,16,17). The number of methoxy groups -OCH3 is 1. The van der Waals surface area contributed by atoms with Crippen LogP contribution >= 0.6 is 0 Å². The Labute approximate surface area is 117 Å². The molecular weight excluding hydrogens is 256 g/mol. The van der Waals surface area contributed by atoms with Crippen molar-refractivity contribution in [3.05, 3.63) is 41.7 Å². The third-order valence-corrected chi connectivity index (χ3v) is 2.56. The van der Waals surface area contributed by atoms with Crippen LogP contribution in [0.1, 0.15) is 11.4 Å². The first-order chi connectivity index (χ1) is 9.56. The zero-order valence-corrected chi connectivity index (χ0v) is 11.6. The van der Waals surface area contributed by atoms with Crippen molar-refractivity contribution in [1.29, 1.82) is 0 Å². The molecule has 1 aromatic carbocycles. The van der Waals surface area contributed by atoms with E-state index < -0.39 is 6.09 Å². The van der Waals surface area contributed by atoms with Crippen LogP contribution in [0.25, 0.3) is 0 Å². The van der Waals surface area contributed by atoms with Gasteiger partial charge in [0.1, 0.15) is 0 Å². The van der Waals surface area contributed by atoms with Gasteiger partial charge in [0.05, 0.1) is 7.11 Å². The normalized spacial score (nSPS) is 9.95. The molecule has 104 valence electrons. The van der Waals surface area contributed by atoms with Crippen LogP contribution in [0, 0.1) is 13.8 Å². The Morgan fingerprint density at radius 1 is 1.05 bits per heavy atom. The van der Waals surface area contributed by atoms with Crippen molar-refractivity contribution in [2.24, 2.45) is 0 Å². The van der Waals surface area contributed by atoms with Crippen LogP contribution < -0.4 is 10.6 Å².